The second kappa shape index (κ2) is 6.71. The molecule has 2 amide bonds. The molecular weight excluding hydrogens is 334 g/mol. The standard InChI is InChI=1S/C14H17N5O4S/c1-8-4-5-10(15)7-11(8)24(21,22)19-14(20)18-13-16-9(2)6-12(17-13)23-3/h4-7H,15H2,1-3H3,(H2,16,17,18,19,20). The molecule has 0 unspecified atom stereocenters. The number of nitrogen functional groups attached to an aromatic ring is 1. The van der Waals surface area contributed by atoms with Gasteiger partial charge in [0.25, 0.3) is 10.0 Å². The van der Waals surface area contributed by atoms with Gasteiger partial charge in [0, 0.05) is 17.4 Å². The van der Waals surface area contributed by atoms with Crippen LogP contribution in [0, 0.1) is 13.8 Å². The number of sulfonamides is 1. The number of aromatic nitrogens is 2. The number of nitrogens with zero attached hydrogens (tertiary/aromatic N) is 2. The monoisotopic (exact) mass is 351 g/mol. The molecule has 0 spiro atoms. The molecule has 10 heteroatoms. The number of benzene rings is 1. The van der Waals surface area contributed by atoms with Crippen LogP contribution in [0.1, 0.15) is 11.3 Å². The minimum Gasteiger partial charge on any atom is -0.481 e. The van der Waals surface area contributed by atoms with Gasteiger partial charge in [0.2, 0.25) is 11.8 Å². The number of ether oxygens (including phenoxy) is 1. The fourth-order valence-electron chi connectivity index (χ4n) is 1.91. The lowest BCUT2D eigenvalue weighted by Gasteiger charge is -2.11. The second-order valence-electron chi connectivity index (χ2n) is 4.96. The number of carbonyl (C=O) groups excluding carboxylic acids is 1. The quantitative estimate of drug-likeness (QED) is 0.704. The van der Waals surface area contributed by atoms with Crippen LogP contribution in [0.3, 0.4) is 0 Å². The minimum atomic E-state index is -4.09. The Hall–Kier alpha value is -2.88. The number of hydrogen-bond acceptors (Lipinski definition) is 7. The van der Waals surface area contributed by atoms with Crippen LogP contribution in [0.2, 0.25) is 0 Å². The fourth-order valence-corrected chi connectivity index (χ4v) is 3.10. The lowest BCUT2D eigenvalue weighted by Crippen LogP contribution is -2.35. The van der Waals surface area contributed by atoms with E-state index < -0.39 is 16.1 Å². The van der Waals surface area contributed by atoms with E-state index in [0.29, 0.717) is 11.3 Å². The lowest BCUT2D eigenvalue weighted by atomic mass is 10.2. The van der Waals surface area contributed by atoms with E-state index in [2.05, 4.69) is 15.3 Å². The maximum Gasteiger partial charge on any atom is 0.335 e. The van der Waals surface area contributed by atoms with Gasteiger partial charge in [-0.05, 0) is 31.5 Å². The molecule has 1 aromatic carbocycles. The zero-order valence-electron chi connectivity index (χ0n) is 13.3. The molecule has 1 aromatic heterocycles. The van der Waals surface area contributed by atoms with Crippen LogP contribution in [0.5, 0.6) is 5.88 Å². The molecule has 2 rings (SSSR count). The van der Waals surface area contributed by atoms with Crippen molar-refractivity contribution in [2.45, 2.75) is 18.7 Å². The highest BCUT2D eigenvalue weighted by atomic mass is 32.2. The van der Waals surface area contributed by atoms with Crippen molar-refractivity contribution in [3.8, 4) is 5.88 Å². The molecule has 1 heterocycles. The Bertz CT molecular complexity index is 883. The smallest absolute Gasteiger partial charge is 0.335 e. The number of hydrogen-bond donors (Lipinski definition) is 3. The van der Waals surface area contributed by atoms with Gasteiger partial charge in [-0.2, -0.15) is 4.98 Å². The molecule has 0 saturated heterocycles. The van der Waals surface area contributed by atoms with Gasteiger partial charge in [0.1, 0.15) is 0 Å². The third-order valence-electron chi connectivity index (χ3n) is 2.99. The summed E-state index contributed by atoms with van der Waals surface area (Å²) >= 11 is 0. The van der Waals surface area contributed by atoms with Gasteiger partial charge >= 0.3 is 6.03 Å². The number of nitrogens with one attached hydrogen (secondary N) is 2. The van der Waals surface area contributed by atoms with Crippen LogP contribution < -0.4 is 20.5 Å². The Balaban J connectivity index is 2.20. The van der Waals surface area contributed by atoms with Crippen molar-refractivity contribution >= 4 is 27.7 Å². The van der Waals surface area contributed by atoms with Crippen molar-refractivity contribution in [3.63, 3.8) is 0 Å². The van der Waals surface area contributed by atoms with E-state index in [0.717, 1.165) is 0 Å². The Morgan fingerprint density at radius 1 is 1.21 bits per heavy atom. The fraction of sp³-hybridized carbons (Fsp3) is 0.214. The first-order valence-electron chi connectivity index (χ1n) is 6.81. The summed E-state index contributed by atoms with van der Waals surface area (Å²) in [6, 6.07) is 4.97. The third kappa shape index (κ3) is 4.10. The minimum absolute atomic E-state index is 0.0798. The number of urea groups is 1. The Kier molecular flexibility index (Phi) is 4.88. The molecule has 9 nitrogen and oxygen atoms in total. The summed E-state index contributed by atoms with van der Waals surface area (Å²) in [5.41, 5.74) is 6.88. The molecule has 0 aliphatic heterocycles. The number of anilines is 2. The molecule has 4 N–H and O–H groups in total. The van der Waals surface area contributed by atoms with Crippen LogP contribution in [-0.4, -0.2) is 31.5 Å². The van der Waals surface area contributed by atoms with E-state index in [4.69, 9.17) is 10.5 Å². The largest absolute Gasteiger partial charge is 0.481 e. The molecule has 0 aliphatic rings. The maximum atomic E-state index is 12.3. The van der Waals surface area contributed by atoms with Gasteiger partial charge in [-0.3, -0.25) is 5.32 Å². The first-order valence-corrected chi connectivity index (χ1v) is 8.29. The molecule has 128 valence electrons. The van der Waals surface area contributed by atoms with Gasteiger partial charge < -0.3 is 10.5 Å². The molecule has 0 fully saturated rings. The third-order valence-corrected chi connectivity index (χ3v) is 4.47. The van der Waals surface area contributed by atoms with Crippen molar-refractivity contribution in [2.24, 2.45) is 0 Å². The molecule has 2 aromatic rings. The van der Waals surface area contributed by atoms with Crippen molar-refractivity contribution in [1.29, 1.82) is 0 Å². The maximum absolute atomic E-state index is 12.3. The average Bonchev–Trinajstić information content (AvgIpc) is 2.48. The van der Waals surface area contributed by atoms with E-state index in [1.165, 1.54) is 13.2 Å². The molecular formula is C14H17N5O4S. The number of nitrogens with two attached hydrogens (primary N) is 1. The SMILES string of the molecule is COc1cc(C)nc(NC(=O)NS(=O)(=O)c2cc(N)ccc2C)n1. The second-order valence-corrected chi connectivity index (χ2v) is 6.61. The Labute approximate surface area is 139 Å². The van der Waals surface area contributed by atoms with E-state index in [1.807, 2.05) is 4.72 Å². The van der Waals surface area contributed by atoms with Crippen molar-refractivity contribution in [2.75, 3.05) is 18.2 Å². The lowest BCUT2D eigenvalue weighted by molar-refractivity contribution is 0.256. The van der Waals surface area contributed by atoms with Crippen molar-refractivity contribution in [3.05, 3.63) is 35.5 Å². The molecule has 0 aliphatic carbocycles. The summed E-state index contributed by atoms with van der Waals surface area (Å²) in [4.78, 5) is 19.8. The zero-order valence-corrected chi connectivity index (χ0v) is 14.1. The number of amides is 2. The van der Waals surface area contributed by atoms with Crippen LogP contribution in [0.4, 0.5) is 16.4 Å². The van der Waals surface area contributed by atoms with E-state index in [9.17, 15) is 13.2 Å². The topological polar surface area (TPSA) is 136 Å². The zero-order chi connectivity index (χ0) is 17.9. The highest BCUT2D eigenvalue weighted by Crippen LogP contribution is 2.18. The molecule has 0 atom stereocenters. The summed E-state index contributed by atoms with van der Waals surface area (Å²) in [6.45, 7) is 3.28. The van der Waals surface area contributed by atoms with Crippen LogP contribution in [0.15, 0.2) is 29.2 Å². The van der Waals surface area contributed by atoms with Crippen LogP contribution in [-0.2, 0) is 10.0 Å². The van der Waals surface area contributed by atoms with Crippen molar-refractivity contribution in [1.82, 2.24) is 14.7 Å². The van der Waals surface area contributed by atoms with Crippen molar-refractivity contribution < 1.29 is 17.9 Å². The number of rotatable bonds is 4. The van der Waals surface area contributed by atoms with Crippen LogP contribution >= 0.6 is 0 Å². The van der Waals surface area contributed by atoms with Gasteiger partial charge in [0.05, 0.1) is 12.0 Å². The van der Waals surface area contributed by atoms with E-state index in [-0.39, 0.29) is 22.4 Å². The van der Waals surface area contributed by atoms with E-state index >= 15 is 0 Å². The number of aryl methyl sites for hydroxylation is 2. The first kappa shape index (κ1) is 17.5. The predicted molar refractivity (Wildman–Crippen MR) is 88.3 cm³/mol. The summed E-state index contributed by atoms with van der Waals surface area (Å²) in [5.74, 6) is 0.163. The molecule has 0 radical (unpaired) electrons. The predicted octanol–water partition coefficient (Wildman–Crippen LogP) is 1.19. The number of methoxy groups -OCH3 is 1. The Morgan fingerprint density at radius 2 is 1.92 bits per heavy atom. The highest BCUT2D eigenvalue weighted by Gasteiger charge is 2.21. The highest BCUT2D eigenvalue weighted by molar-refractivity contribution is 7.90. The molecule has 0 saturated carbocycles. The van der Waals surface area contributed by atoms with Gasteiger partial charge in [-0.1, -0.05) is 6.07 Å². The van der Waals surface area contributed by atoms with Crippen LogP contribution in [0.25, 0.3) is 0 Å². The average molecular weight is 351 g/mol. The Morgan fingerprint density at radius 3 is 2.58 bits per heavy atom. The first-order chi connectivity index (χ1) is 11.2. The van der Waals surface area contributed by atoms with E-state index in [1.54, 1.807) is 32.0 Å². The van der Waals surface area contributed by atoms with Gasteiger partial charge in [0.15, 0.2) is 0 Å². The summed E-state index contributed by atoms with van der Waals surface area (Å²) in [5, 5.41) is 2.25. The summed E-state index contributed by atoms with van der Waals surface area (Å²) in [6.07, 6.45) is 0. The summed E-state index contributed by atoms with van der Waals surface area (Å²) < 4.78 is 31.5. The summed E-state index contributed by atoms with van der Waals surface area (Å²) in [7, 11) is -2.67. The normalized spacial score (nSPS) is 11.0. The molecule has 24 heavy (non-hydrogen) atoms. The molecule has 0 bridgehead atoms. The van der Waals surface area contributed by atoms with Gasteiger partial charge in [-0.25, -0.2) is 22.9 Å². The van der Waals surface area contributed by atoms with Gasteiger partial charge in [-0.15, -0.1) is 0 Å². The number of carbonyl (C=O) groups is 1.